The molecular formula is C80H97Cl2N10O22P. The number of hydrogen-bond acceptors (Lipinski definition) is 20. The molecular weight excluding hydrogens is 1550 g/mol. The molecule has 5 aliphatic carbocycles. The lowest BCUT2D eigenvalue weighted by Gasteiger charge is -2.77. The van der Waals surface area contributed by atoms with Crippen LogP contribution in [0.25, 0.3) is 21.5 Å². The van der Waals surface area contributed by atoms with E-state index in [0.717, 1.165) is 21.4 Å². The fraction of sp³-hybridized carbons (Fsp3) is 0.525. The van der Waals surface area contributed by atoms with E-state index in [9.17, 15) is 52.7 Å². The molecule has 13 rings (SSSR count). The third-order valence-electron chi connectivity index (χ3n) is 23.6. The highest BCUT2D eigenvalue weighted by atomic mass is 35.5. The molecule has 5 fully saturated rings. The van der Waals surface area contributed by atoms with Crippen molar-refractivity contribution < 1.29 is 105 Å². The number of ether oxygens (including phenoxy) is 8. The predicted molar refractivity (Wildman–Crippen MR) is 420 cm³/mol. The second kappa shape index (κ2) is 36.2. The Balaban J connectivity index is 0.531. The standard InChI is InChI=1S/C80H97Cl2N10O22P/c1-46(2)71(87-61(93)21-26-106-28-30-108-32-34-110-36-37-111-35-33-109-31-29-107-27-25-90-62(94)19-20-63(90)95)73(97)86-56(14-9-22-84-76(83)100)72(96)85-50-17-15-47(16-18-50)45-112-77(101)88(3)23-24-89(4)78(102)113-59-38-57-64(53-12-7-5-10-51(53)59)49(42-82)44-92(57)75(99)80-55-40-79(67(55)66-68(79)70(80)69(66)80)74(98)91-43-48(41-81)65-54-13-8-6-11-52(54)60(39-58(65)91)114-115(103,104)105/h5-8,10-13,15-20,38-39,46,48-49,55-56,66-71H,9,14,21-37,40-45H2,1-4H3,(H,85,96)(H,86,97)(H,87,93)(H3,83,84,100)(H2,103,104,105)/t48?,49?,55?,56-,66?,67?,68?,69?,70?,71?,79?,80?/m0/s1. The van der Waals surface area contributed by atoms with E-state index in [1.54, 1.807) is 74.3 Å². The first-order valence-corrected chi connectivity index (χ1v) is 41.4. The van der Waals surface area contributed by atoms with Gasteiger partial charge in [-0.15, -0.1) is 23.2 Å². The fourth-order valence-corrected chi connectivity index (χ4v) is 19.4. The summed E-state index contributed by atoms with van der Waals surface area (Å²) >= 11 is 13.4. The van der Waals surface area contributed by atoms with Crippen LogP contribution in [0.5, 0.6) is 11.5 Å². The van der Waals surface area contributed by atoms with Crippen molar-refractivity contribution in [2.45, 2.75) is 70.1 Å². The van der Waals surface area contributed by atoms with Gasteiger partial charge in [0.1, 0.15) is 30.2 Å². The monoisotopic (exact) mass is 1650 g/mol. The molecule has 11 amide bonds. The van der Waals surface area contributed by atoms with E-state index in [2.05, 4.69) is 21.3 Å². The van der Waals surface area contributed by atoms with Crippen LogP contribution in [0.3, 0.4) is 0 Å². The number of halogens is 2. The van der Waals surface area contributed by atoms with Crippen LogP contribution in [0.1, 0.15) is 68.1 Å². The Kier molecular flexibility index (Phi) is 26.4. The van der Waals surface area contributed by atoms with Crippen molar-refractivity contribution in [3.63, 3.8) is 0 Å². The first-order chi connectivity index (χ1) is 55.3. The quantitative estimate of drug-likeness (QED) is 0.00917. The molecule has 8 aliphatic rings. The van der Waals surface area contributed by atoms with Crippen molar-refractivity contribution in [3.05, 3.63) is 114 Å². The summed E-state index contributed by atoms with van der Waals surface area (Å²) < 4.78 is 62.3. The number of anilines is 3. The molecule has 618 valence electrons. The molecule has 115 heavy (non-hydrogen) atoms. The van der Waals surface area contributed by atoms with Crippen LogP contribution in [-0.2, 0) is 77.9 Å². The molecule has 3 heterocycles. The number of urea groups is 1. The molecule has 5 aromatic rings. The first-order valence-electron chi connectivity index (χ1n) is 38.8. The number of phosphoric acid groups is 1. The fourth-order valence-electron chi connectivity index (χ4n) is 18.5. The Bertz CT molecular complexity index is 4590. The molecule has 0 bridgehead atoms. The Hall–Kier alpha value is -9.05. The molecule has 32 nitrogen and oxygen atoms in total. The van der Waals surface area contributed by atoms with Gasteiger partial charge < -0.3 is 89.0 Å². The molecule has 0 radical (unpaired) electrons. The smallest absolute Gasteiger partial charge is 0.445 e. The molecule has 35 heteroatoms. The van der Waals surface area contributed by atoms with Crippen LogP contribution in [0.15, 0.2) is 97.1 Å². The highest BCUT2D eigenvalue weighted by molar-refractivity contribution is 7.46. The summed E-state index contributed by atoms with van der Waals surface area (Å²) in [5.41, 5.74) is 7.76. The number of primary amides is 1. The summed E-state index contributed by atoms with van der Waals surface area (Å²) in [5, 5.41) is 13.4. The largest absolute Gasteiger partial charge is 0.524 e. The van der Waals surface area contributed by atoms with Gasteiger partial charge in [-0.1, -0.05) is 74.5 Å². The lowest BCUT2D eigenvalue weighted by Crippen LogP contribution is -2.79. The van der Waals surface area contributed by atoms with Gasteiger partial charge in [0.15, 0.2) is 0 Å². The number of amides is 11. The van der Waals surface area contributed by atoms with Crippen LogP contribution >= 0.6 is 31.0 Å². The number of nitrogens with zero attached hydrogens (tertiary/aromatic N) is 5. The maximum absolute atomic E-state index is 15.6. The van der Waals surface area contributed by atoms with E-state index in [0.29, 0.717) is 111 Å². The topological polar surface area (TPSA) is 402 Å². The van der Waals surface area contributed by atoms with Gasteiger partial charge in [0.05, 0.1) is 108 Å². The second-order valence-corrected chi connectivity index (χ2v) is 32.4. The van der Waals surface area contributed by atoms with Crippen LogP contribution < -0.4 is 46.1 Å². The molecule has 11 unspecified atom stereocenters. The van der Waals surface area contributed by atoms with E-state index >= 15 is 9.59 Å². The number of hydrogen-bond donors (Lipinski definition) is 7. The third-order valence-corrected chi connectivity index (χ3v) is 24.8. The SMILES string of the molecule is CC(C)C(NC(=O)CCOCCOCCOCCOCCOCCOCCN1C(=O)C=CC1=O)C(=O)N[C@@H](CCCNC(N)=O)C(=O)Nc1ccc(COC(=O)N(C)CCN(C)C(=O)Oc2cc3c(c4ccccc24)C(CCl)CN3C(=O)C23C4CC5(C(=O)N6CC(CCl)c7c6cc(OP(=O)(O)O)c6ccccc76)C4C4C5C2C43)cc1. The van der Waals surface area contributed by atoms with Crippen molar-refractivity contribution in [1.82, 2.24) is 30.7 Å². The number of carbonyl (C=O) groups is 10. The second-order valence-electron chi connectivity index (χ2n) is 30.6. The minimum atomic E-state index is -4.98. The number of carbonyl (C=O) groups excluding carboxylic acids is 10. The molecule has 0 saturated heterocycles. The molecule has 3 aliphatic heterocycles. The van der Waals surface area contributed by atoms with Crippen LogP contribution in [-0.4, -0.2) is 241 Å². The number of alkyl halides is 2. The van der Waals surface area contributed by atoms with Gasteiger partial charge in [0.2, 0.25) is 29.5 Å². The predicted octanol–water partition coefficient (Wildman–Crippen LogP) is 6.76. The number of rotatable bonds is 43. The highest BCUT2D eigenvalue weighted by Crippen LogP contribution is 3.03. The van der Waals surface area contributed by atoms with Gasteiger partial charge in [0, 0.05) is 118 Å². The molecule has 12 atom stereocenters. The summed E-state index contributed by atoms with van der Waals surface area (Å²) in [6.07, 6.45) is 1.89. The van der Waals surface area contributed by atoms with E-state index in [1.165, 1.54) is 29.0 Å². The molecule has 5 saturated carbocycles. The summed E-state index contributed by atoms with van der Waals surface area (Å²) in [4.78, 5) is 161. The summed E-state index contributed by atoms with van der Waals surface area (Å²) in [6.45, 7) is 7.83. The molecule has 0 aromatic heterocycles. The van der Waals surface area contributed by atoms with Crippen molar-refractivity contribution in [1.29, 1.82) is 0 Å². The Morgan fingerprint density at radius 3 is 1.69 bits per heavy atom. The van der Waals surface area contributed by atoms with Gasteiger partial charge in [-0.3, -0.25) is 48.2 Å². The number of nitrogens with one attached hydrogen (secondary N) is 4. The molecule has 5 aromatic carbocycles. The number of benzene rings is 5. The van der Waals surface area contributed by atoms with Gasteiger partial charge in [-0.05, 0) is 100 Å². The van der Waals surface area contributed by atoms with E-state index < -0.39 is 66.7 Å². The Labute approximate surface area is 674 Å². The summed E-state index contributed by atoms with van der Waals surface area (Å²) in [5.74, 6) is -2.19. The summed E-state index contributed by atoms with van der Waals surface area (Å²) in [7, 11) is -1.91. The number of nitrogens with two attached hydrogens (primary N) is 1. The minimum absolute atomic E-state index is 0.00351. The zero-order valence-corrected chi connectivity index (χ0v) is 66.7. The number of fused-ring (bicyclic) bond motifs is 10. The third kappa shape index (κ3) is 17.2. The van der Waals surface area contributed by atoms with E-state index in [1.807, 2.05) is 41.3 Å². The lowest BCUT2D eigenvalue weighted by molar-refractivity contribution is -0.289. The van der Waals surface area contributed by atoms with Crippen molar-refractivity contribution in [2.75, 3.05) is 160 Å². The van der Waals surface area contributed by atoms with Crippen LogP contribution in [0, 0.1) is 52.3 Å². The number of likely N-dealkylation sites (N-methyl/N-ethyl adjacent to an activating group) is 2. The molecule has 8 N–H and O–H groups in total. The Morgan fingerprint density at radius 1 is 0.635 bits per heavy atom. The Morgan fingerprint density at radius 2 is 1.16 bits per heavy atom. The normalized spacial score (nSPS) is 23.2. The van der Waals surface area contributed by atoms with Gasteiger partial charge in [-0.25, -0.2) is 18.9 Å². The summed E-state index contributed by atoms with van der Waals surface area (Å²) in [6, 6.07) is 21.6. The maximum atomic E-state index is 15.6. The van der Waals surface area contributed by atoms with E-state index in [4.69, 9.17) is 71.4 Å². The number of imide groups is 1. The zero-order chi connectivity index (χ0) is 81.6. The van der Waals surface area contributed by atoms with Crippen molar-refractivity contribution in [2.24, 2.45) is 58.0 Å². The first kappa shape index (κ1) is 83.9. The van der Waals surface area contributed by atoms with Gasteiger partial charge in [0.25, 0.3) is 11.8 Å². The zero-order valence-electron chi connectivity index (χ0n) is 64.3. The average molecular weight is 1650 g/mol. The van der Waals surface area contributed by atoms with Crippen LogP contribution in [0.4, 0.5) is 31.4 Å². The van der Waals surface area contributed by atoms with Gasteiger partial charge in [-0.2, -0.15) is 0 Å². The number of phosphoric ester groups is 1. The van der Waals surface area contributed by atoms with Crippen LogP contribution in [0.2, 0.25) is 0 Å². The lowest BCUT2D eigenvalue weighted by atomic mass is 9.26. The van der Waals surface area contributed by atoms with Crippen molar-refractivity contribution in [3.8, 4) is 11.5 Å². The van der Waals surface area contributed by atoms with Crippen molar-refractivity contribution >= 4 is 129 Å². The highest BCUT2D eigenvalue weighted by Gasteiger charge is 3.05. The maximum Gasteiger partial charge on any atom is 0.524 e. The molecule has 0 spiro atoms. The van der Waals surface area contributed by atoms with Gasteiger partial charge >= 0.3 is 26.0 Å². The minimum Gasteiger partial charge on any atom is -0.445 e. The van der Waals surface area contributed by atoms with E-state index in [-0.39, 0.29) is 179 Å². The average Bonchev–Trinajstić information content (AvgIpc) is 1.38.